The average Bonchev–Trinajstić information content (AvgIpc) is 3.32. The number of anilines is 1. The molecule has 3 rings (SSSR count). The van der Waals surface area contributed by atoms with Crippen LogP contribution in [0, 0.1) is 25.6 Å². The number of halogens is 1. The monoisotopic (exact) mass is 333 g/mol. The van der Waals surface area contributed by atoms with Gasteiger partial charge < -0.3 is 19.9 Å². The van der Waals surface area contributed by atoms with Crippen LogP contribution in [-0.2, 0) is 6.54 Å². The molecule has 1 heterocycles. The molecule has 6 nitrogen and oxygen atoms in total. The van der Waals surface area contributed by atoms with Gasteiger partial charge in [0.05, 0.1) is 18.0 Å². The summed E-state index contributed by atoms with van der Waals surface area (Å²) in [6, 6.07) is 3.66. The van der Waals surface area contributed by atoms with Crippen LogP contribution in [0.25, 0.3) is 0 Å². The van der Waals surface area contributed by atoms with E-state index < -0.39 is 11.8 Å². The predicted molar refractivity (Wildman–Crippen MR) is 86.5 cm³/mol. The lowest BCUT2D eigenvalue weighted by molar-refractivity contribution is 0.251. The zero-order valence-corrected chi connectivity index (χ0v) is 13.7. The number of nitrogens with zero attached hydrogens (tertiary/aromatic N) is 1. The van der Waals surface area contributed by atoms with Gasteiger partial charge in [-0.15, -0.1) is 0 Å². The van der Waals surface area contributed by atoms with Crippen molar-refractivity contribution in [3.8, 4) is 5.75 Å². The van der Waals surface area contributed by atoms with Gasteiger partial charge in [0.15, 0.2) is 0 Å². The largest absolute Gasteiger partial charge is 0.491 e. The Morgan fingerprint density at radius 2 is 2.21 bits per heavy atom. The van der Waals surface area contributed by atoms with Crippen LogP contribution < -0.4 is 15.4 Å². The first kappa shape index (κ1) is 16.3. The number of ether oxygens (including phenoxy) is 1. The van der Waals surface area contributed by atoms with Crippen molar-refractivity contribution >= 4 is 11.7 Å². The minimum Gasteiger partial charge on any atom is -0.491 e. The number of benzene rings is 1. The Labute approximate surface area is 139 Å². The number of amides is 2. The zero-order chi connectivity index (χ0) is 17.1. The normalized spacial score (nSPS) is 13.6. The second-order valence-electron chi connectivity index (χ2n) is 6.01. The third-order valence-corrected chi connectivity index (χ3v) is 3.97. The van der Waals surface area contributed by atoms with E-state index in [1.807, 2.05) is 6.92 Å². The maximum absolute atomic E-state index is 13.4. The number of rotatable bonds is 6. The van der Waals surface area contributed by atoms with Crippen LogP contribution in [0.15, 0.2) is 22.7 Å². The first-order valence-electron chi connectivity index (χ1n) is 7.92. The van der Waals surface area contributed by atoms with Crippen molar-refractivity contribution in [2.24, 2.45) is 5.92 Å². The number of carbonyl (C=O) groups is 1. The molecule has 0 radical (unpaired) electrons. The molecule has 0 spiro atoms. The van der Waals surface area contributed by atoms with Crippen LogP contribution >= 0.6 is 0 Å². The predicted octanol–water partition coefficient (Wildman–Crippen LogP) is 3.54. The Bertz CT molecular complexity index is 721. The number of nitrogens with one attached hydrogen (secondary N) is 2. The molecular formula is C17H20FN3O3. The highest BCUT2D eigenvalue weighted by Crippen LogP contribution is 2.32. The Kier molecular flexibility index (Phi) is 4.69. The van der Waals surface area contributed by atoms with Gasteiger partial charge in [-0.2, -0.15) is 0 Å². The van der Waals surface area contributed by atoms with Gasteiger partial charge in [-0.25, -0.2) is 9.18 Å². The summed E-state index contributed by atoms with van der Waals surface area (Å²) in [7, 11) is 0. The molecule has 1 aliphatic carbocycles. The molecule has 2 amide bonds. The van der Waals surface area contributed by atoms with Crippen molar-refractivity contribution < 1.29 is 18.4 Å². The molecule has 0 bridgehead atoms. The van der Waals surface area contributed by atoms with E-state index in [4.69, 9.17) is 9.26 Å². The van der Waals surface area contributed by atoms with Crippen LogP contribution in [0.2, 0.25) is 0 Å². The molecule has 1 aromatic carbocycles. The summed E-state index contributed by atoms with van der Waals surface area (Å²) in [6.07, 6.45) is 2.27. The number of aryl methyl sites for hydroxylation is 2. The SMILES string of the molecule is Cc1noc(C)c1CNC(=O)Nc1ccc(F)cc1OCC1CC1. The fraction of sp³-hybridized carbons (Fsp3) is 0.412. The van der Waals surface area contributed by atoms with Gasteiger partial charge in [-0.1, -0.05) is 5.16 Å². The van der Waals surface area contributed by atoms with Crippen molar-refractivity contribution in [2.75, 3.05) is 11.9 Å². The minimum absolute atomic E-state index is 0.298. The molecule has 24 heavy (non-hydrogen) atoms. The van der Waals surface area contributed by atoms with E-state index in [-0.39, 0.29) is 0 Å². The summed E-state index contributed by atoms with van der Waals surface area (Å²) in [4.78, 5) is 12.1. The summed E-state index contributed by atoms with van der Waals surface area (Å²) in [6.45, 7) is 4.44. The van der Waals surface area contributed by atoms with Crippen molar-refractivity contribution in [1.82, 2.24) is 10.5 Å². The van der Waals surface area contributed by atoms with Gasteiger partial charge in [-0.3, -0.25) is 0 Å². The molecule has 1 aromatic heterocycles. The van der Waals surface area contributed by atoms with Gasteiger partial charge in [-0.05, 0) is 44.7 Å². The molecule has 2 aromatic rings. The van der Waals surface area contributed by atoms with Gasteiger partial charge in [0.2, 0.25) is 0 Å². The molecule has 0 saturated heterocycles. The lowest BCUT2D eigenvalue weighted by atomic mass is 10.2. The maximum Gasteiger partial charge on any atom is 0.319 e. The maximum atomic E-state index is 13.4. The summed E-state index contributed by atoms with van der Waals surface area (Å²) in [5, 5.41) is 9.27. The number of hydrogen-bond donors (Lipinski definition) is 2. The summed E-state index contributed by atoms with van der Waals surface area (Å²) in [5.74, 6) is 1.15. The fourth-order valence-corrected chi connectivity index (χ4v) is 2.30. The highest BCUT2D eigenvalue weighted by atomic mass is 19.1. The van der Waals surface area contributed by atoms with Gasteiger partial charge in [0, 0.05) is 18.2 Å². The first-order valence-corrected chi connectivity index (χ1v) is 7.92. The highest BCUT2D eigenvalue weighted by Gasteiger charge is 2.22. The van der Waals surface area contributed by atoms with Gasteiger partial charge in [0.1, 0.15) is 17.3 Å². The van der Waals surface area contributed by atoms with E-state index in [2.05, 4.69) is 15.8 Å². The molecule has 1 saturated carbocycles. The Balaban J connectivity index is 1.60. The van der Waals surface area contributed by atoms with Crippen LogP contribution in [0.1, 0.15) is 29.9 Å². The van der Waals surface area contributed by atoms with E-state index in [1.54, 1.807) is 6.92 Å². The summed E-state index contributed by atoms with van der Waals surface area (Å²) >= 11 is 0. The van der Waals surface area contributed by atoms with Crippen LogP contribution in [0.4, 0.5) is 14.9 Å². The third kappa shape index (κ3) is 4.04. The second kappa shape index (κ2) is 6.90. The lowest BCUT2D eigenvalue weighted by Gasteiger charge is -2.13. The molecule has 1 aliphatic rings. The molecule has 128 valence electrons. The quantitative estimate of drug-likeness (QED) is 0.848. The fourth-order valence-electron chi connectivity index (χ4n) is 2.30. The van der Waals surface area contributed by atoms with E-state index in [0.717, 1.165) is 24.1 Å². The Hall–Kier alpha value is -2.57. The zero-order valence-electron chi connectivity index (χ0n) is 13.7. The van der Waals surface area contributed by atoms with Crippen molar-refractivity contribution in [1.29, 1.82) is 0 Å². The average molecular weight is 333 g/mol. The number of urea groups is 1. The molecule has 2 N–H and O–H groups in total. The smallest absolute Gasteiger partial charge is 0.319 e. The topological polar surface area (TPSA) is 76.4 Å². The van der Waals surface area contributed by atoms with Crippen molar-refractivity contribution in [3.63, 3.8) is 0 Å². The van der Waals surface area contributed by atoms with Gasteiger partial charge >= 0.3 is 6.03 Å². The van der Waals surface area contributed by atoms with Crippen molar-refractivity contribution in [2.45, 2.75) is 33.2 Å². The van der Waals surface area contributed by atoms with Crippen LogP contribution in [0.5, 0.6) is 5.75 Å². The molecular weight excluding hydrogens is 313 g/mol. The number of hydrogen-bond acceptors (Lipinski definition) is 4. The second-order valence-corrected chi connectivity index (χ2v) is 6.01. The number of aromatic nitrogens is 1. The van der Waals surface area contributed by atoms with E-state index in [1.165, 1.54) is 18.2 Å². The molecule has 1 fully saturated rings. The highest BCUT2D eigenvalue weighted by molar-refractivity contribution is 5.90. The summed E-state index contributed by atoms with van der Waals surface area (Å²) in [5.41, 5.74) is 2.02. The molecule has 7 heteroatoms. The van der Waals surface area contributed by atoms with E-state index in [9.17, 15) is 9.18 Å². The van der Waals surface area contributed by atoms with Crippen molar-refractivity contribution in [3.05, 3.63) is 41.0 Å². The Morgan fingerprint density at radius 3 is 2.88 bits per heavy atom. The standard InChI is InChI=1S/C17H20FN3O3/c1-10-14(11(2)24-21-10)8-19-17(22)20-15-6-5-13(18)7-16(15)23-9-12-3-4-12/h5-7,12H,3-4,8-9H2,1-2H3,(H2,19,20,22). The molecule has 0 aliphatic heterocycles. The third-order valence-electron chi connectivity index (χ3n) is 3.97. The molecule has 0 unspecified atom stereocenters. The lowest BCUT2D eigenvalue weighted by Crippen LogP contribution is -2.28. The first-order chi connectivity index (χ1) is 11.5. The van der Waals surface area contributed by atoms with E-state index in [0.29, 0.717) is 36.3 Å². The van der Waals surface area contributed by atoms with Crippen LogP contribution in [-0.4, -0.2) is 17.8 Å². The summed E-state index contributed by atoms with van der Waals surface area (Å²) < 4.78 is 24.1. The van der Waals surface area contributed by atoms with Crippen LogP contribution in [0.3, 0.4) is 0 Å². The minimum atomic E-state index is -0.405. The van der Waals surface area contributed by atoms with E-state index >= 15 is 0 Å². The van der Waals surface area contributed by atoms with Gasteiger partial charge in [0.25, 0.3) is 0 Å². The Morgan fingerprint density at radius 1 is 1.42 bits per heavy atom. The number of carbonyl (C=O) groups excluding carboxylic acids is 1. The molecule has 0 atom stereocenters.